The van der Waals surface area contributed by atoms with Crippen molar-refractivity contribution in [1.82, 2.24) is 4.90 Å². The molecule has 0 radical (unpaired) electrons. The van der Waals surface area contributed by atoms with Crippen molar-refractivity contribution in [3.05, 3.63) is 28.2 Å². The van der Waals surface area contributed by atoms with Crippen LogP contribution >= 0.6 is 15.9 Å². The molecule has 20 heavy (non-hydrogen) atoms. The number of halogens is 1. The maximum absolute atomic E-state index is 11.1. The van der Waals surface area contributed by atoms with Crippen LogP contribution < -0.4 is 4.90 Å². The second-order valence-corrected chi connectivity index (χ2v) is 6.65. The molecule has 2 aliphatic rings. The summed E-state index contributed by atoms with van der Waals surface area (Å²) in [5.41, 5.74) is 1.35. The highest BCUT2D eigenvalue weighted by atomic mass is 79.9. The number of hydrogen-bond acceptors (Lipinski definition) is 3. The molecule has 1 aromatic carbocycles. The Labute approximate surface area is 127 Å². The number of piperazine rings is 1. The van der Waals surface area contributed by atoms with E-state index in [1.54, 1.807) is 12.1 Å². The molecule has 0 bridgehead atoms. The Balaban J connectivity index is 1.66. The Bertz CT molecular complexity index is 509. The average molecular weight is 339 g/mol. The van der Waals surface area contributed by atoms with E-state index in [4.69, 9.17) is 5.11 Å². The Kier molecular flexibility index (Phi) is 3.98. The zero-order chi connectivity index (χ0) is 14.1. The van der Waals surface area contributed by atoms with Crippen molar-refractivity contribution in [1.29, 1.82) is 0 Å². The number of anilines is 1. The molecule has 0 amide bonds. The topological polar surface area (TPSA) is 43.8 Å². The standard InChI is InChI=1S/C15H19BrN2O2/c16-13-7-12(15(19)20)8-14(9-13)18-5-3-17(4-6-18)10-11-1-2-11/h7-9,11H,1-6,10H2,(H,19,20). The van der Waals surface area contributed by atoms with Crippen LogP contribution in [0.4, 0.5) is 5.69 Å². The number of carbonyl (C=O) groups is 1. The van der Waals surface area contributed by atoms with Gasteiger partial charge in [-0.1, -0.05) is 15.9 Å². The zero-order valence-corrected chi connectivity index (χ0v) is 13.0. The molecule has 0 spiro atoms. The van der Waals surface area contributed by atoms with Gasteiger partial charge in [-0.3, -0.25) is 4.90 Å². The number of nitrogens with zero attached hydrogens (tertiary/aromatic N) is 2. The van der Waals surface area contributed by atoms with E-state index in [1.165, 1.54) is 19.4 Å². The Morgan fingerprint density at radius 1 is 1.20 bits per heavy atom. The molecule has 1 aliphatic carbocycles. The third-order valence-corrected chi connectivity index (χ3v) is 4.54. The van der Waals surface area contributed by atoms with Crippen LogP contribution in [0.15, 0.2) is 22.7 Å². The van der Waals surface area contributed by atoms with E-state index in [0.29, 0.717) is 5.56 Å². The fraction of sp³-hybridized carbons (Fsp3) is 0.533. The predicted molar refractivity (Wildman–Crippen MR) is 82.5 cm³/mol. The average Bonchev–Trinajstić information content (AvgIpc) is 3.23. The Morgan fingerprint density at radius 3 is 2.50 bits per heavy atom. The smallest absolute Gasteiger partial charge is 0.335 e. The van der Waals surface area contributed by atoms with Crippen LogP contribution in [0.3, 0.4) is 0 Å². The molecule has 1 saturated carbocycles. The minimum Gasteiger partial charge on any atom is -0.478 e. The van der Waals surface area contributed by atoms with E-state index in [2.05, 4.69) is 25.7 Å². The summed E-state index contributed by atoms with van der Waals surface area (Å²) in [6, 6.07) is 5.42. The summed E-state index contributed by atoms with van der Waals surface area (Å²) in [5.74, 6) is 0.0611. The number of benzene rings is 1. The third-order valence-electron chi connectivity index (χ3n) is 4.08. The maximum Gasteiger partial charge on any atom is 0.335 e. The summed E-state index contributed by atoms with van der Waals surface area (Å²) in [7, 11) is 0. The summed E-state index contributed by atoms with van der Waals surface area (Å²) < 4.78 is 0.827. The van der Waals surface area contributed by atoms with Gasteiger partial charge in [0.25, 0.3) is 0 Å². The van der Waals surface area contributed by atoms with Gasteiger partial charge in [-0.25, -0.2) is 4.79 Å². The fourth-order valence-corrected chi connectivity index (χ4v) is 3.22. The van der Waals surface area contributed by atoms with E-state index in [1.807, 2.05) is 6.07 Å². The lowest BCUT2D eigenvalue weighted by atomic mass is 10.1. The maximum atomic E-state index is 11.1. The molecule has 1 saturated heterocycles. The molecule has 1 N–H and O–H groups in total. The van der Waals surface area contributed by atoms with Crippen LogP contribution in [0.2, 0.25) is 0 Å². The monoisotopic (exact) mass is 338 g/mol. The second-order valence-electron chi connectivity index (χ2n) is 5.73. The van der Waals surface area contributed by atoms with E-state index < -0.39 is 5.97 Å². The van der Waals surface area contributed by atoms with Gasteiger partial charge in [-0.2, -0.15) is 0 Å². The van der Waals surface area contributed by atoms with Crippen molar-refractivity contribution < 1.29 is 9.90 Å². The molecule has 2 fully saturated rings. The first kappa shape index (κ1) is 13.9. The predicted octanol–water partition coefficient (Wildman–Crippen LogP) is 2.68. The van der Waals surface area contributed by atoms with Crippen LogP contribution in [0.25, 0.3) is 0 Å². The minimum absolute atomic E-state index is 0.342. The fourth-order valence-electron chi connectivity index (χ4n) is 2.73. The van der Waals surface area contributed by atoms with Gasteiger partial charge in [0.15, 0.2) is 0 Å². The normalized spacial score (nSPS) is 20.1. The molecule has 0 aromatic heterocycles. The van der Waals surface area contributed by atoms with Gasteiger partial charge in [-0.05, 0) is 37.0 Å². The van der Waals surface area contributed by atoms with Crippen LogP contribution in [-0.2, 0) is 0 Å². The molecule has 1 aromatic rings. The zero-order valence-electron chi connectivity index (χ0n) is 11.4. The van der Waals surface area contributed by atoms with E-state index in [9.17, 15) is 4.79 Å². The molecule has 5 heteroatoms. The van der Waals surface area contributed by atoms with Gasteiger partial charge in [0, 0.05) is 42.9 Å². The van der Waals surface area contributed by atoms with Gasteiger partial charge < -0.3 is 10.0 Å². The number of carboxylic acids is 1. The first-order valence-corrected chi connectivity index (χ1v) is 7.92. The highest BCUT2D eigenvalue weighted by Crippen LogP contribution is 2.30. The summed E-state index contributed by atoms with van der Waals surface area (Å²) in [6.45, 7) is 5.34. The van der Waals surface area contributed by atoms with E-state index in [0.717, 1.165) is 42.3 Å². The van der Waals surface area contributed by atoms with Crippen LogP contribution in [-0.4, -0.2) is 48.7 Å². The highest BCUT2D eigenvalue weighted by Gasteiger charge is 2.26. The largest absolute Gasteiger partial charge is 0.478 e. The van der Waals surface area contributed by atoms with Gasteiger partial charge >= 0.3 is 5.97 Å². The van der Waals surface area contributed by atoms with Gasteiger partial charge in [0.1, 0.15) is 0 Å². The molecule has 1 aliphatic heterocycles. The van der Waals surface area contributed by atoms with Crippen molar-refractivity contribution >= 4 is 27.6 Å². The first-order valence-electron chi connectivity index (χ1n) is 7.13. The lowest BCUT2D eigenvalue weighted by molar-refractivity contribution is 0.0697. The summed E-state index contributed by atoms with van der Waals surface area (Å²) in [4.78, 5) is 15.9. The number of hydrogen-bond donors (Lipinski definition) is 1. The number of carboxylic acid groups (broad SMARTS) is 1. The third kappa shape index (κ3) is 3.33. The summed E-state index contributed by atoms with van der Waals surface area (Å²) in [6.07, 6.45) is 2.79. The van der Waals surface area contributed by atoms with E-state index >= 15 is 0 Å². The van der Waals surface area contributed by atoms with E-state index in [-0.39, 0.29) is 0 Å². The summed E-state index contributed by atoms with van der Waals surface area (Å²) in [5, 5.41) is 9.13. The molecule has 1 heterocycles. The number of aromatic carboxylic acids is 1. The van der Waals surface area contributed by atoms with Crippen LogP contribution in [0.5, 0.6) is 0 Å². The van der Waals surface area contributed by atoms with Gasteiger partial charge in [0.2, 0.25) is 0 Å². The van der Waals surface area contributed by atoms with Crippen LogP contribution in [0, 0.1) is 5.92 Å². The number of rotatable bonds is 4. The Hall–Kier alpha value is -1.07. The molecule has 0 atom stereocenters. The van der Waals surface area contributed by atoms with Crippen molar-refractivity contribution in [2.24, 2.45) is 5.92 Å². The van der Waals surface area contributed by atoms with Crippen molar-refractivity contribution in [3.63, 3.8) is 0 Å². The molecule has 108 valence electrons. The molecule has 0 unspecified atom stereocenters. The van der Waals surface area contributed by atoms with Crippen molar-refractivity contribution in [2.45, 2.75) is 12.8 Å². The molecular weight excluding hydrogens is 320 g/mol. The molecular formula is C15H19BrN2O2. The lowest BCUT2D eigenvalue weighted by Gasteiger charge is -2.36. The minimum atomic E-state index is -0.875. The highest BCUT2D eigenvalue weighted by molar-refractivity contribution is 9.10. The van der Waals surface area contributed by atoms with Crippen molar-refractivity contribution in [3.8, 4) is 0 Å². The molecule has 3 rings (SSSR count). The second kappa shape index (κ2) is 5.74. The lowest BCUT2D eigenvalue weighted by Crippen LogP contribution is -2.47. The van der Waals surface area contributed by atoms with Crippen LogP contribution in [0.1, 0.15) is 23.2 Å². The quantitative estimate of drug-likeness (QED) is 0.916. The van der Waals surface area contributed by atoms with Gasteiger partial charge in [0.05, 0.1) is 5.56 Å². The SMILES string of the molecule is O=C(O)c1cc(Br)cc(N2CCN(CC3CC3)CC2)c1. The molecule has 4 nitrogen and oxygen atoms in total. The first-order chi connectivity index (χ1) is 9.61. The van der Waals surface area contributed by atoms with Crippen molar-refractivity contribution in [2.75, 3.05) is 37.6 Å². The Morgan fingerprint density at radius 2 is 1.90 bits per heavy atom. The summed E-state index contributed by atoms with van der Waals surface area (Å²) >= 11 is 3.40. The van der Waals surface area contributed by atoms with Gasteiger partial charge in [-0.15, -0.1) is 0 Å².